The summed E-state index contributed by atoms with van der Waals surface area (Å²) in [6.07, 6.45) is -7.29. The molecule has 1 aliphatic carbocycles. The molecule has 3 aliphatic rings. The van der Waals surface area contributed by atoms with E-state index in [0.29, 0.717) is 88.0 Å². The number of likely N-dealkylation sites (N-methyl/N-ethyl adjacent to an activating group) is 1. The molecule has 1 spiro atoms. The number of halogens is 8. The summed E-state index contributed by atoms with van der Waals surface area (Å²) >= 11 is 12.7. The molecule has 0 saturated carbocycles. The molecule has 0 bridgehead atoms. The number of ether oxygens (including phenoxy) is 2. The van der Waals surface area contributed by atoms with E-state index < -0.39 is 40.6 Å². The first-order valence-electron chi connectivity index (χ1n) is 20.8. The van der Waals surface area contributed by atoms with Crippen LogP contribution >= 0.6 is 23.2 Å². The summed E-state index contributed by atoms with van der Waals surface area (Å²) in [7, 11) is 1.71. The Labute approximate surface area is 372 Å². The number of ketones is 1. The third-order valence-electron chi connectivity index (χ3n) is 12.7. The van der Waals surface area contributed by atoms with Crippen LogP contribution in [0.3, 0.4) is 0 Å². The highest BCUT2D eigenvalue weighted by atomic mass is 35.5. The second-order valence-electron chi connectivity index (χ2n) is 16.6. The third kappa shape index (κ3) is 10.4. The molecular formula is C47H47Cl2F6N3O5. The first kappa shape index (κ1) is 46.5. The van der Waals surface area contributed by atoms with E-state index in [1.807, 2.05) is 30.3 Å². The molecule has 0 unspecified atom stereocenters. The van der Waals surface area contributed by atoms with Gasteiger partial charge in [-0.3, -0.25) is 14.4 Å². The van der Waals surface area contributed by atoms with Crippen LogP contribution in [0.2, 0.25) is 10.0 Å². The fraction of sp³-hybridized carbons (Fsp3) is 0.426. The van der Waals surface area contributed by atoms with Gasteiger partial charge in [-0.15, -0.1) is 0 Å². The van der Waals surface area contributed by atoms with Gasteiger partial charge in [-0.05, 0) is 92.2 Å². The number of Topliss-reactive ketones (excluding diaryl/α,β-unsaturated/α-hetero) is 1. The summed E-state index contributed by atoms with van der Waals surface area (Å²) < 4.78 is 95.4. The quantitative estimate of drug-likeness (QED) is 0.0983. The third-order valence-corrected chi connectivity index (χ3v) is 13.5. The molecule has 0 radical (unpaired) electrons. The van der Waals surface area contributed by atoms with Crippen molar-refractivity contribution >= 4 is 40.8 Å². The highest BCUT2D eigenvalue weighted by Crippen LogP contribution is 2.48. The first-order chi connectivity index (χ1) is 29.9. The number of carbonyl (C=O) groups is 3. The fourth-order valence-electron chi connectivity index (χ4n) is 9.20. The zero-order valence-corrected chi connectivity index (χ0v) is 36.1. The smallest absolute Gasteiger partial charge is 0.367 e. The second kappa shape index (κ2) is 18.9. The molecule has 0 N–H and O–H groups in total. The monoisotopic (exact) mass is 917 g/mol. The van der Waals surface area contributed by atoms with Gasteiger partial charge in [0.2, 0.25) is 5.91 Å². The molecule has 4 aromatic rings. The zero-order valence-electron chi connectivity index (χ0n) is 34.5. The molecule has 0 aromatic heterocycles. The van der Waals surface area contributed by atoms with Crippen LogP contribution in [0.15, 0.2) is 91.0 Å². The maximum absolute atomic E-state index is 13.9. The van der Waals surface area contributed by atoms with Gasteiger partial charge in [0.25, 0.3) is 5.91 Å². The number of fused-ring (bicyclic) bond motifs is 2. The lowest BCUT2D eigenvalue weighted by atomic mass is 9.72. The first-order valence-corrected chi connectivity index (χ1v) is 21.6. The van der Waals surface area contributed by atoms with Crippen molar-refractivity contribution in [3.63, 3.8) is 0 Å². The minimum atomic E-state index is -5.12. The number of hydrogen-bond acceptors (Lipinski definition) is 6. The van der Waals surface area contributed by atoms with E-state index in [1.54, 1.807) is 42.3 Å². The van der Waals surface area contributed by atoms with Crippen molar-refractivity contribution in [2.75, 3.05) is 59.5 Å². The van der Waals surface area contributed by atoms with Crippen molar-refractivity contribution in [3.05, 3.63) is 140 Å². The average molecular weight is 919 g/mol. The van der Waals surface area contributed by atoms with Crippen LogP contribution in [-0.2, 0) is 44.1 Å². The molecule has 7 rings (SSSR count). The Hall–Kier alpha value is -4.47. The van der Waals surface area contributed by atoms with Crippen molar-refractivity contribution in [3.8, 4) is 0 Å². The van der Waals surface area contributed by atoms with Gasteiger partial charge in [-0.25, -0.2) is 0 Å². The number of morpholine rings is 1. The Kier molecular flexibility index (Phi) is 14.0. The molecule has 336 valence electrons. The largest absolute Gasteiger partial charge is 0.416 e. The number of alkyl halides is 6. The van der Waals surface area contributed by atoms with E-state index >= 15 is 0 Å². The zero-order chi connectivity index (χ0) is 45.2. The van der Waals surface area contributed by atoms with Gasteiger partial charge in [-0.2, -0.15) is 26.3 Å². The van der Waals surface area contributed by atoms with Gasteiger partial charge in [0.15, 0.2) is 5.78 Å². The Balaban J connectivity index is 1.03. The number of hydrogen-bond donors (Lipinski definition) is 0. The summed E-state index contributed by atoms with van der Waals surface area (Å²) in [5.74, 6) is -1.14. The van der Waals surface area contributed by atoms with E-state index in [0.717, 1.165) is 0 Å². The standard InChI is InChI=1S/C47H47Cl2F6N3O5/c1-56(18-7-12-40(59)31-8-3-2-4-9-31)42(60)29-62-41-26-32-10-5-6-11-37(32)44(41)15-19-57(20-16-44)21-17-45(34-13-14-38(48)39(49)28-34)30-58(22-23-63-45)43(61)33-24-35(46(50,51)52)27-36(25-33)47(53,54)55/h2-6,8-11,13-14,24-25,27-28,41H,7,12,15-23,26,29-30H2,1H3/t41-,45-/m0/s1. The van der Waals surface area contributed by atoms with E-state index in [1.165, 1.54) is 16.0 Å². The highest BCUT2D eigenvalue weighted by Gasteiger charge is 2.50. The van der Waals surface area contributed by atoms with Crippen molar-refractivity contribution in [1.29, 1.82) is 0 Å². The van der Waals surface area contributed by atoms with Gasteiger partial charge >= 0.3 is 12.4 Å². The van der Waals surface area contributed by atoms with Crippen LogP contribution in [0.5, 0.6) is 0 Å². The van der Waals surface area contributed by atoms with Crippen molar-refractivity contribution < 1.29 is 50.2 Å². The summed E-state index contributed by atoms with van der Waals surface area (Å²) in [6, 6.07) is 23.0. The lowest BCUT2D eigenvalue weighted by molar-refractivity contribution is -0.143. The molecular weight excluding hydrogens is 871 g/mol. The molecule has 2 fully saturated rings. The van der Waals surface area contributed by atoms with Crippen molar-refractivity contribution in [2.24, 2.45) is 0 Å². The van der Waals surface area contributed by atoms with Gasteiger partial charge in [0.05, 0.1) is 40.4 Å². The van der Waals surface area contributed by atoms with Gasteiger partial charge in [0, 0.05) is 49.6 Å². The molecule has 2 heterocycles. The van der Waals surface area contributed by atoms with E-state index in [2.05, 4.69) is 17.0 Å². The Morgan fingerprint density at radius 1 is 0.825 bits per heavy atom. The molecule has 2 aliphatic heterocycles. The van der Waals surface area contributed by atoms with Gasteiger partial charge in [-0.1, -0.05) is 83.9 Å². The minimum absolute atomic E-state index is 0.00338. The molecule has 2 amide bonds. The average Bonchev–Trinajstić information content (AvgIpc) is 3.57. The summed E-state index contributed by atoms with van der Waals surface area (Å²) in [4.78, 5) is 44.8. The fourth-order valence-corrected chi connectivity index (χ4v) is 9.49. The normalized spacial score (nSPS) is 20.1. The summed E-state index contributed by atoms with van der Waals surface area (Å²) in [5.41, 5.74) is -1.93. The lowest BCUT2D eigenvalue weighted by Gasteiger charge is -2.46. The maximum Gasteiger partial charge on any atom is 0.416 e. The summed E-state index contributed by atoms with van der Waals surface area (Å²) in [5, 5.41) is 0.476. The number of benzene rings is 4. The van der Waals surface area contributed by atoms with Crippen LogP contribution < -0.4 is 0 Å². The van der Waals surface area contributed by atoms with Gasteiger partial charge in [0.1, 0.15) is 12.2 Å². The predicted octanol–water partition coefficient (Wildman–Crippen LogP) is 9.89. The molecule has 16 heteroatoms. The van der Waals surface area contributed by atoms with E-state index in [4.69, 9.17) is 32.7 Å². The highest BCUT2D eigenvalue weighted by molar-refractivity contribution is 6.42. The lowest BCUT2D eigenvalue weighted by Crippen LogP contribution is -2.54. The maximum atomic E-state index is 13.9. The Morgan fingerprint density at radius 3 is 2.16 bits per heavy atom. The van der Waals surface area contributed by atoms with Crippen LogP contribution in [-0.4, -0.2) is 97.9 Å². The predicted molar refractivity (Wildman–Crippen MR) is 226 cm³/mol. The van der Waals surface area contributed by atoms with Crippen LogP contribution in [0, 0.1) is 0 Å². The van der Waals surface area contributed by atoms with Crippen molar-refractivity contribution in [2.45, 2.75) is 68.0 Å². The number of likely N-dealkylation sites (tertiary alicyclic amines) is 1. The number of carbonyl (C=O) groups excluding carboxylic acids is 3. The van der Waals surface area contributed by atoms with E-state index in [-0.39, 0.29) is 65.6 Å². The number of piperidine rings is 1. The molecule has 2 saturated heterocycles. The van der Waals surface area contributed by atoms with Crippen LogP contribution in [0.1, 0.15) is 80.6 Å². The van der Waals surface area contributed by atoms with E-state index in [9.17, 15) is 40.7 Å². The number of rotatable bonds is 13. The Bertz CT molecular complexity index is 2270. The summed E-state index contributed by atoms with van der Waals surface area (Å²) in [6.45, 7) is 1.76. The second-order valence-corrected chi connectivity index (χ2v) is 17.4. The van der Waals surface area contributed by atoms with Crippen LogP contribution in [0.25, 0.3) is 0 Å². The van der Waals surface area contributed by atoms with Gasteiger partial charge < -0.3 is 24.2 Å². The van der Waals surface area contributed by atoms with Crippen molar-refractivity contribution in [1.82, 2.24) is 14.7 Å². The minimum Gasteiger partial charge on any atom is -0.367 e. The molecule has 8 nitrogen and oxygen atoms in total. The topological polar surface area (TPSA) is 79.4 Å². The molecule has 4 aromatic carbocycles. The number of amides is 2. The SMILES string of the molecule is CN(CCCC(=O)c1ccccc1)C(=O)CO[C@H]1Cc2ccccc2C12CCN(CC[C@@]1(c3ccc(Cl)c(Cl)c3)CN(C(=O)c3cc(C(F)(F)F)cc(C(F)(F)F)c3)CCO1)CC2. The molecule has 2 atom stereocenters. The Morgan fingerprint density at radius 2 is 1.49 bits per heavy atom. The van der Waals surface area contributed by atoms with Crippen LogP contribution in [0.4, 0.5) is 26.3 Å². The molecule has 63 heavy (non-hydrogen) atoms. The number of nitrogens with zero attached hydrogens (tertiary/aromatic N) is 3.